The van der Waals surface area contributed by atoms with E-state index in [2.05, 4.69) is 10.3 Å². The summed E-state index contributed by atoms with van der Waals surface area (Å²) in [6, 6.07) is 7.23. The highest BCUT2D eigenvalue weighted by atomic mass is 35.5. The van der Waals surface area contributed by atoms with Crippen molar-refractivity contribution >= 4 is 29.1 Å². The molecule has 0 spiro atoms. The molecule has 0 bridgehead atoms. The van der Waals surface area contributed by atoms with Crippen LogP contribution in [0.5, 0.6) is 0 Å². The number of hydrogen-bond donors (Lipinski definition) is 1. The predicted octanol–water partition coefficient (Wildman–Crippen LogP) is 4.83. The third-order valence-electron chi connectivity index (χ3n) is 3.46. The highest BCUT2D eigenvalue weighted by Gasteiger charge is 2.24. The van der Waals surface area contributed by atoms with Gasteiger partial charge in [0, 0.05) is 16.8 Å². The molecule has 1 atom stereocenters. The number of rotatable bonds is 2. The number of benzene rings is 1. The van der Waals surface area contributed by atoms with Crippen LogP contribution < -0.4 is 5.32 Å². The van der Waals surface area contributed by atoms with Gasteiger partial charge in [0.25, 0.3) is 0 Å². The number of fused-ring (bicyclic) bond motifs is 1. The SMILES string of the molecule is Cc1ccnc(Cl)c1NC1CCSc2c(F)cccc21. The molecule has 5 heteroatoms. The fraction of sp³-hybridized carbons (Fsp3) is 0.267. The average molecular weight is 309 g/mol. The van der Waals surface area contributed by atoms with E-state index in [1.54, 1.807) is 24.0 Å². The minimum atomic E-state index is -0.145. The molecule has 2 heterocycles. The van der Waals surface area contributed by atoms with Crippen LogP contribution in [0.2, 0.25) is 5.15 Å². The second-order valence-corrected chi connectivity index (χ2v) is 6.25. The zero-order valence-electron chi connectivity index (χ0n) is 11.0. The molecule has 1 aromatic heterocycles. The maximum Gasteiger partial charge on any atom is 0.152 e. The molecule has 20 heavy (non-hydrogen) atoms. The Bertz CT molecular complexity index is 628. The van der Waals surface area contributed by atoms with Crippen molar-refractivity contribution in [2.24, 2.45) is 0 Å². The Morgan fingerprint density at radius 1 is 1.40 bits per heavy atom. The lowest BCUT2D eigenvalue weighted by Crippen LogP contribution is -2.17. The van der Waals surface area contributed by atoms with E-state index < -0.39 is 0 Å². The number of anilines is 1. The van der Waals surface area contributed by atoms with Crippen LogP contribution >= 0.6 is 23.4 Å². The normalized spacial score (nSPS) is 17.6. The molecule has 1 N–H and O–H groups in total. The Labute approximate surface area is 126 Å². The van der Waals surface area contributed by atoms with Crippen molar-refractivity contribution in [1.82, 2.24) is 4.98 Å². The number of aryl methyl sites for hydroxylation is 1. The second-order valence-electron chi connectivity index (χ2n) is 4.79. The highest BCUT2D eigenvalue weighted by molar-refractivity contribution is 7.99. The minimum Gasteiger partial charge on any atom is -0.375 e. The molecule has 0 saturated carbocycles. The highest BCUT2D eigenvalue weighted by Crippen LogP contribution is 2.40. The van der Waals surface area contributed by atoms with Gasteiger partial charge in [0.1, 0.15) is 5.82 Å². The number of aromatic nitrogens is 1. The summed E-state index contributed by atoms with van der Waals surface area (Å²) in [5.41, 5.74) is 2.88. The summed E-state index contributed by atoms with van der Waals surface area (Å²) >= 11 is 7.73. The lowest BCUT2D eigenvalue weighted by molar-refractivity contribution is 0.585. The van der Waals surface area contributed by atoms with Gasteiger partial charge >= 0.3 is 0 Å². The third-order valence-corrected chi connectivity index (χ3v) is 4.90. The first-order valence-electron chi connectivity index (χ1n) is 6.45. The lowest BCUT2D eigenvalue weighted by Gasteiger charge is -2.27. The van der Waals surface area contributed by atoms with Crippen LogP contribution in [-0.4, -0.2) is 10.7 Å². The number of thioether (sulfide) groups is 1. The summed E-state index contributed by atoms with van der Waals surface area (Å²) in [4.78, 5) is 4.85. The number of pyridine rings is 1. The van der Waals surface area contributed by atoms with Gasteiger partial charge in [-0.3, -0.25) is 0 Å². The van der Waals surface area contributed by atoms with Gasteiger partial charge in [0.15, 0.2) is 5.15 Å². The molecule has 2 nitrogen and oxygen atoms in total. The molecule has 1 aromatic carbocycles. The van der Waals surface area contributed by atoms with E-state index in [4.69, 9.17) is 11.6 Å². The minimum absolute atomic E-state index is 0.0716. The van der Waals surface area contributed by atoms with E-state index in [0.29, 0.717) is 5.15 Å². The van der Waals surface area contributed by atoms with E-state index in [-0.39, 0.29) is 11.9 Å². The van der Waals surface area contributed by atoms with Crippen molar-refractivity contribution in [2.45, 2.75) is 24.3 Å². The largest absolute Gasteiger partial charge is 0.375 e. The van der Waals surface area contributed by atoms with Crippen LogP contribution in [0.1, 0.15) is 23.6 Å². The second kappa shape index (κ2) is 5.62. The number of nitrogens with zero attached hydrogens (tertiary/aromatic N) is 1. The molecule has 0 radical (unpaired) electrons. The molecule has 0 aliphatic carbocycles. The summed E-state index contributed by atoms with van der Waals surface area (Å²) in [6.45, 7) is 1.99. The van der Waals surface area contributed by atoms with Gasteiger partial charge < -0.3 is 5.32 Å². The summed E-state index contributed by atoms with van der Waals surface area (Å²) in [5, 5.41) is 3.89. The molecule has 0 amide bonds. The number of nitrogens with one attached hydrogen (secondary N) is 1. The van der Waals surface area contributed by atoms with Crippen molar-refractivity contribution in [3.05, 3.63) is 52.6 Å². The van der Waals surface area contributed by atoms with Gasteiger partial charge in [0.2, 0.25) is 0 Å². The first kappa shape index (κ1) is 13.7. The molecular weight excluding hydrogens is 295 g/mol. The Hall–Kier alpha value is -1.26. The first-order chi connectivity index (χ1) is 9.66. The molecule has 2 aromatic rings. The third kappa shape index (κ3) is 2.50. The van der Waals surface area contributed by atoms with Crippen LogP contribution in [-0.2, 0) is 0 Å². The van der Waals surface area contributed by atoms with Crippen LogP contribution in [0, 0.1) is 12.7 Å². The van der Waals surface area contributed by atoms with Gasteiger partial charge in [-0.2, -0.15) is 0 Å². The van der Waals surface area contributed by atoms with Gasteiger partial charge in [-0.15, -0.1) is 11.8 Å². The Morgan fingerprint density at radius 2 is 2.25 bits per heavy atom. The van der Waals surface area contributed by atoms with E-state index in [0.717, 1.165) is 33.9 Å². The van der Waals surface area contributed by atoms with Crippen molar-refractivity contribution in [1.29, 1.82) is 0 Å². The van der Waals surface area contributed by atoms with Gasteiger partial charge in [-0.05, 0) is 36.6 Å². The van der Waals surface area contributed by atoms with Gasteiger partial charge in [-0.25, -0.2) is 9.37 Å². The van der Waals surface area contributed by atoms with Crippen molar-refractivity contribution in [3.8, 4) is 0 Å². The summed E-state index contributed by atoms with van der Waals surface area (Å²) in [5.74, 6) is 0.746. The molecule has 1 aliphatic heterocycles. The van der Waals surface area contributed by atoms with Crippen molar-refractivity contribution in [3.63, 3.8) is 0 Å². The topological polar surface area (TPSA) is 24.9 Å². The van der Waals surface area contributed by atoms with Crippen LogP contribution in [0.25, 0.3) is 0 Å². The smallest absolute Gasteiger partial charge is 0.152 e. The maximum absolute atomic E-state index is 13.9. The Morgan fingerprint density at radius 3 is 3.05 bits per heavy atom. The summed E-state index contributed by atoms with van der Waals surface area (Å²) < 4.78 is 13.9. The number of halogens is 2. The quantitative estimate of drug-likeness (QED) is 0.804. The van der Waals surface area contributed by atoms with Crippen molar-refractivity contribution in [2.75, 3.05) is 11.1 Å². The van der Waals surface area contributed by atoms with Gasteiger partial charge in [-0.1, -0.05) is 23.7 Å². The molecule has 104 valence electrons. The van der Waals surface area contributed by atoms with E-state index >= 15 is 0 Å². The molecule has 0 fully saturated rings. The predicted molar refractivity (Wildman–Crippen MR) is 82.1 cm³/mol. The van der Waals surface area contributed by atoms with E-state index in [1.807, 2.05) is 19.1 Å². The summed E-state index contributed by atoms with van der Waals surface area (Å²) in [6.07, 6.45) is 2.62. The molecule has 1 aliphatic rings. The molecule has 1 unspecified atom stereocenters. The fourth-order valence-corrected chi connectivity index (χ4v) is 3.81. The van der Waals surface area contributed by atoms with Crippen LogP contribution in [0.15, 0.2) is 35.4 Å². The van der Waals surface area contributed by atoms with Crippen LogP contribution in [0.4, 0.5) is 10.1 Å². The van der Waals surface area contributed by atoms with Crippen LogP contribution in [0.3, 0.4) is 0 Å². The standard InChI is InChI=1S/C15H14ClFN2S/c1-9-5-7-18-15(16)13(9)19-12-6-8-20-14-10(12)3-2-4-11(14)17/h2-5,7,12,19H,6,8H2,1H3. The first-order valence-corrected chi connectivity index (χ1v) is 7.82. The molecular formula is C15H14ClFN2S. The summed E-state index contributed by atoms with van der Waals surface area (Å²) in [7, 11) is 0. The average Bonchev–Trinajstić information content (AvgIpc) is 2.44. The molecule has 3 rings (SSSR count). The van der Waals surface area contributed by atoms with E-state index in [9.17, 15) is 4.39 Å². The number of hydrogen-bond acceptors (Lipinski definition) is 3. The van der Waals surface area contributed by atoms with Gasteiger partial charge in [0.05, 0.1) is 11.7 Å². The van der Waals surface area contributed by atoms with E-state index in [1.165, 1.54) is 6.07 Å². The fourth-order valence-electron chi connectivity index (χ4n) is 2.41. The zero-order valence-corrected chi connectivity index (χ0v) is 12.6. The Balaban J connectivity index is 1.96. The Kier molecular flexibility index (Phi) is 3.85. The monoisotopic (exact) mass is 308 g/mol. The zero-order chi connectivity index (χ0) is 14.1. The maximum atomic E-state index is 13.9. The molecule has 0 saturated heterocycles. The van der Waals surface area contributed by atoms with Crippen molar-refractivity contribution < 1.29 is 4.39 Å². The lowest BCUT2D eigenvalue weighted by atomic mass is 10.0.